The molecule has 0 radical (unpaired) electrons. The number of ether oxygens (including phenoxy) is 1. The molecule has 0 atom stereocenters. The maximum absolute atomic E-state index is 12.8. The lowest BCUT2D eigenvalue weighted by atomic mass is 10.1. The SMILES string of the molecule is O=C(OCCCCC(F)(F)C(F)(F)S)c1ccccc1. The number of alkyl halides is 4. The van der Waals surface area contributed by atoms with Crippen LogP contribution in [0.5, 0.6) is 0 Å². The average Bonchev–Trinajstić information content (AvgIpc) is 2.37. The number of benzene rings is 1. The molecule has 20 heavy (non-hydrogen) atoms. The minimum Gasteiger partial charge on any atom is -0.462 e. The van der Waals surface area contributed by atoms with Crippen molar-refractivity contribution in [3.8, 4) is 0 Å². The van der Waals surface area contributed by atoms with Crippen molar-refractivity contribution in [1.29, 1.82) is 0 Å². The van der Waals surface area contributed by atoms with Gasteiger partial charge in [0.1, 0.15) is 0 Å². The molecule has 0 saturated carbocycles. The van der Waals surface area contributed by atoms with E-state index in [4.69, 9.17) is 4.74 Å². The van der Waals surface area contributed by atoms with E-state index >= 15 is 0 Å². The molecule has 1 rings (SSSR count). The Morgan fingerprint density at radius 2 is 1.70 bits per heavy atom. The lowest BCUT2D eigenvalue weighted by Gasteiger charge is -2.21. The summed E-state index contributed by atoms with van der Waals surface area (Å²) in [6, 6.07) is 8.16. The van der Waals surface area contributed by atoms with Crippen LogP contribution in [0, 0.1) is 0 Å². The van der Waals surface area contributed by atoms with Gasteiger partial charge in [-0.15, -0.1) is 0 Å². The molecule has 0 bridgehead atoms. The van der Waals surface area contributed by atoms with E-state index in [1.54, 1.807) is 30.3 Å². The molecule has 0 saturated heterocycles. The van der Waals surface area contributed by atoms with Gasteiger partial charge in [0.15, 0.2) is 0 Å². The highest BCUT2D eigenvalue weighted by molar-refractivity contribution is 7.81. The molecule has 0 aliphatic carbocycles. The van der Waals surface area contributed by atoms with E-state index in [9.17, 15) is 22.4 Å². The molecular formula is C13H14F4O2S. The number of halogens is 4. The van der Waals surface area contributed by atoms with Crippen LogP contribution in [-0.2, 0) is 4.74 Å². The van der Waals surface area contributed by atoms with Crippen molar-refractivity contribution in [3.05, 3.63) is 35.9 Å². The van der Waals surface area contributed by atoms with Gasteiger partial charge in [-0.25, -0.2) is 4.79 Å². The van der Waals surface area contributed by atoms with Crippen LogP contribution in [0.25, 0.3) is 0 Å². The predicted molar refractivity (Wildman–Crippen MR) is 69.5 cm³/mol. The second-order valence-corrected chi connectivity index (χ2v) is 4.77. The van der Waals surface area contributed by atoms with E-state index in [-0.39, 0.29) is 19.4 Å². The Hall–Kier alpha value is -1.24. The first-order valence-electron chi connectivity index (χ1n) is 5.94. The van der Waals surface area contributed by atoms with Crippen molar-refractivity contribution in [2.45, 2.75) is 30.4 Å². The number of hydrogen-bond donors (Lipinski definition) is 1. The molecule has 1 aromatic carbocycles. The number of carbonyl (C=O) groups is 1. The fourth-order valence-corrected chi connectivity index (χ4v) is 1.53. The molecule has 0 N–H and O–H groups in total. The monoisotopic (exact) mass is 310 g/mol. The third kappa shape index (κ3) is 5.03. The van der Waals surface area contributed by atoms with Gasteiger partial charge in [0.05, 0.1) is 12.2 Å². The number of carbonyl (C=O) groups excluding carboxylic acids is 1. The fraction of sp³-hybridized carbons (Fsp3) is 0.462. The fourth-order valence-electron chi connectivity index (χ4n) is 1.42. The molecule has 0 aromatic heterocycles. The molecule has 0 fully saturated rings. The second kappa shape index (κ2) is 6.97. The summed E-state index contributed by atoms with van der Waals surface area (Å²) < 4.78 is 55.3. The van der Waals surface area contributed by atoms with E-state index < -0.39 is 23.6 Å². The number of unbranched alkanes of at least 4 members (excludes halogenated alkanes) is 1. The van der Waals surface area contributed by atoms with E-state index in [2.05, 4.69) is 12.6 Å². The minimum atomic E-state index is -4.34. The molecule has 0 heterocycles. The Bertz CT molecular complexity index is 432. The van der Waals surface area contributed by atoms with Crippen molar-refractivity contribution in [2.75, 3.05) is 6.61 Å². The molecule has 112 valence electrons. The number of esters is 1. The third-order valence-corrected chi connectivity index (χ3v) is 2.89. The largest absolute Gasteiger partial charge is 0.462 e. The molecule has 0 amide bonds. The van der Waals surface area contributed by atoms with E-state index in [1.165, 1.54) is 0 Å². The van der Waals surface area contributed by atoms with Crippen molar-refractivity contribution in [2.24, 2.45) is 0 Å². The Balaban J connectivity index is 2.25. The predicted octanol–water partition coefficient (Wildman–Crippen LogP) is 4.17. The van der Waals surface area contributed by atoms with Gasteiger partial charge in [0, 0.05) is 6.42 Å². The normalized spacial score (nSPS) is 12.2. The second-order valence-electron chi connectivity index (χ2n) is 4.20. The zero-order valence-electron chi connectivity index (χ0n) is 10.5. The van der Waals surface area contributed by atoms with Gasteiger partial charge in [0.25, 0.3) is 0 Å². The Morgan fingerprint density at radius 3 is 2.25 bits per heavy atom. The highest BCUT2D eigenvalue weighted by Crippen LogP contribution is 2.40. The summed E-state index contributed by atoms with van der Waals surface area (Å²) >= 11 is 2.57. The molecule has 1 aromatic rings. The maximum atomic E-state index is 12.8. The molecule has 0 aliphatic rings. The summed E-state index contributed by atoms with van der Waals surface area (Å²) in [5, 5.41) is -4.34. The quantitative estimate of drug-likeness (QED) is 0.354. The van der Waals surface area contributed by atoms with Crippen LogP contribution in [0.3, 0.4) is 0 Å². The summed E-state index contributed by atoms with van der Waals surface area (Å²) in [5.74, 6) is -4.74. The molecule has 7 heteroatoms. The third-order valence-electron chi connectivity index (χ3n) is 2.57. The Labute approximate surface area is 119 Å². The van der Waals surface area contributed by atoms with Crippen molar-refractivity contribution >= 4 is 18.6 Å². The van der Waals surface area contributed by atoms with Crippen LogP contribution < -0.4 is 0 Å². The first-order chi connectivity index (χ1) is 9.24. The standard InChI is InChI=1S/C13H14F4O2S/c14-12(15,13(16,17)20)8-4-5-9-19-11(18)10-6-2-1-3-7-10/h1-3,6-7,20H,4-5,8-9H2. The minimum absolute atomic E-state index is 0.0814. The van der Waals surface area contributed by atoms with Crippen LogP contribution >= 0.6 is 12.6 Å². The van der Waals surface area contributed by atoms with Gasteiger partial charge < -0.3 is 4.74 Å². The van der Waals surface area contributed by atoms with Crippen LogP contribution in [0.4, 0.5) is 17.6 Å². The van der Waals surface area contributed by atoms with Gasteiger partial charge in [-0.2, -0.15) is 17.6 Å². The molecule has 2 nitrogen and oxygen atoms in total. The van der Waals surface area contributed by atoms with Gasteiger partial charge in [0.2, 0.25) is 0 Å². The summed E-state index contributed by atoms with van der Waals surface area (Å²) in [6.07, 6.45) is -1.12. The smallest absolute Gasteiger partial charge is 0.353 e. The van der Waals surface area contributed by atoms with Gasteiger partial charge in [-0.05, 0) is 25.0 Å². The average molecular weight is 310 g/mol. The zero-order valence-corrected chi connectivity index (χ0v) is 11.4. The summed E-state index contributed by atoms with van der Waals surface area (Å²) in [5.41, 5.74) is 0.347. The molecule has 0 spiro atoms. The zero-order chi connectivity index (χ0) is 15.2. The lowest BCUT2D eigenvalue weighted by Crippen LogP contribution is -2.35. The van der Waals surface area contributed by atoms with Crippen molar-refractivity contribution < 1.29 is 27.1 Å². The van der Waals surface area contributed by atoms with Gasteiger partial charge in [-0.3, -0.25) is 0 Å². The van der Waals surface area contributed by atoms with Gasteiger partial charge in [-0.1, -0.05) is 30.8 Å². The summed E-state index contributed by atoms with van der Waals surface area (Å²) in [6.45, 7) is -0.0953. The number of rotatable bonds is 7. The van der Waals surface area contributed by atoms with Crippen LogP contribution in [0.15, 0.2) is 30.3 Å². The van der Waals surface area contributed by atoms with E-state index in [0.29, 0.717) is 5.56 Å². The highest BCUT2D eigenvalue weighted by Gasteiger charge is 2.52. The van der Waals surface area contributed by atoms with Crippen molar-refractivity contribution in [3.63, 3.8) is 0 Å². The summed E-state index contributed by atoms with van der Waals surface area (Å²) in [4.78, 5) is 11.5. The summed E-state index contributed by atoms with van der Waals surface area (Å²) in [7, 11) is 0. The lowest BCUT2D eigenvalue weighted by molar-refractivity contribution is -0.155. The molecular weight excluding hydrogens is 296 g/mol. The van der Waals surface area contributed by atoms with E-state index in [0.717, 1.165) is 0 Å². The van der Waals surface area contributed by atoms with Crippen LogP contribution in [0.1, 0.15) is 29.6 Å². The number of thiol groups is 1. The van der Waals surface area contributed by atoms with Crippen LogP contribution in [0.2, 0.25) is 0 Å². The van der Waals surface area contributed by atoms with Crippen LogP contribution in [-0.4, -0.2) is 23.8 Å². The molecule has 0 aliphatic heterocycles. The first-order valence-corrected chi connectivity index (χ1v) is 6.39. The highest BCUT2D eigenvalue weighted by atomic mass is 32.1. The molecule has 0 unspecified atom stereocenters. The Kier molecular flexibility index (Phi) is 5.86. The topological polar surface area (TPSA) is 26.3 Å². The number of hydrogen-bond acceptors (Lipinski definition) is 3. The first kappa shape index (κ1) is 16.8. The maximum Gasteiger partial charge on any atom is 0.353 e. The Morgan fingerprint density at radius 1 is 1.10 bits per heavy atom. The van der Waals surface area contributed by atoms with E-state index in [1.807, 2.05) is 0 Å². The van der Waals surface area contributed by atoms with Crippen molar-refractivity contribution in [1.82, 2.24) is 0 Å². The van der Waals surface area contributed by atoms with Gasteiger partial charge >= 0.3 is 17.1 Å².